The van der Waals surface area contributed by atoms with Crippen LogP contribution in [-0.4, -0.2) is 0 Å². The van der Waals surface area contributed by atoms with Gasteiger partial charge in [-0.3, -0.25) is 0 Å². The van der Waals surface area contributed by atoms with Gasteiger partial charge in [0, 0.05) is 0 Å². The predicted molar refractivity (Wildman–Crippen MR) is 11.7 cm³/mol. The molecule has 0 unspecified atom stereocenters. The van der Waals surface area contributed by atoms with Crippen molar-refractivity contribution in [2.24, 2.45) is 0 Å². The molecule has 0 saturated heterocycles. The van der Waals surface area contributed by atoms with Crippen molar-refractivity contribution in [3.8, 4) is 0 Å². The molecule has 0 nitrogen and oxygen atoms in total. The molecule has 0 fully saturated rings. The van der Waals surface area contributed by atoms with Gasteiger partial charge in [-0.1, -0.05) is 0 Å². The zero-order valence-electron chi connectivity index (χ0n) is 2.10. The number of hydrogen-bond acceptors (Lipinski definition) is 0. The van der Waals surface area contributed by atoms with Crippen LogP contribution in [0.15, 0.2) is 0 Å². The average molecular weight is 573 g/mol. The second-order valence-electron chi connectivity index (χ2n) is 0. The maximum absolute atomic E-state index is 4.61. The summed E-state index contributed by atoms with van der Waals surface area (Å²) in [4.78, 5) is 0. The molecule has 0 aromatic carbocycles. The summed E-state index contributed by atoms with van der Waals surface area (Å²) >= 11 is 3.22. The van der Waals surface area contributed by atoms with E-state index in [-0.39, 0.29) is 27.3 Å². The first-order valence-electron chi connectivity index (χ1n) is 0.239. The number of hydrogen-bond donors (Lipinski definition) is 0. The van der Waals surface area contributed by atoms with Gasteiger partial charge in [0.2, 0.25) is 0 Å². The van der Waals surface area contributed by atoms with Crippen molar-refractivity contribution in [2.45, 2.75) is 0 Å². The summed E-state index contributed by atoms with van der Waals surface area (Å²) in [7, 11) is 9.22. The molecule has 0 aromatic heterocycles. The van der Waals surface area contributed by atoms with Gasteiger partial charge in [-0.05, 0) is 0 Å². The van der Waals surface area contributed by atoms with E-state index in [4.69, 9.17) is 0 Å². The Labute approximate surface area is 82.2 Å². The summed E-state index contributed by atoms with van der Waals surface area (Å²) in [5.74, 6) is 0. The Hall–Kier alpha value is 2.88. The minimum absolute atomic E-state index is 0. The molecule has 0 aliphatic heterocycles. The van der Waals surface area contributed by atoms with Crippen LogP contribution in [0, 0.1) is 0 Å². The molecular formula is CdCl2Pt2. The molecule has 0 saturated carbocycles. The van der Waals surface area contributed by atoms with Gasteiger partial charge in [-0.15, -0.1) is 0 Å². The molecule has 0 aliphatic carbocycles. The Morgan fingerprint density at radius 1 is 0.800 bits per heavy atom. The van der Waals surface area contributed by atoms with Crippen LogP contribution in [0.3, 0.4) is 0 Å². The summed E-state index contributed by atoms with van der Waals surface area (Å²) in [6.07, 6.45) is 0. The van der Waals surface area contributed by atoms with Gasteiger partial charge in [0.1, 0.15) is 0 Å². The molecule has 0 aliphatic rings. The van der Waals surface area contributed by atoms with E-state index >= 15 is 0 Å². The molecule has 0 radical (unpaired) electrons. The zero-order valence-corrected chi connectivity index (χ0v) is 12.2. The first-order chi connectivity index (χ1) is 2.00. The third-order valence-electron chi connectivity index (χ3n) is 0. The number of halogens is 2. The van der Waals surface area contributed by atoms with Gasteiger partial charge in [0.25, 0.3) is 0 Å². The molecule has 0 heterocycles. The molecule has 5 heavy (non-hydrogen) atoms. The van der Waals surface area contributed by atoms with E-state index in [1.165, 1.54) is 0 Å². The maximum atomic E-state index is 4.61. The quantitative estimate of drug-likeness (QED) is 0.385. The van der Waals surface area contributed by atoms with Crippen LogP contribution < -0.4 is 0 Å². The first-order valence-corrected chi connectivity index (χ1v) is 5.87. The molecule has 0 rings (SSSR count). The SMILES string of the molecule is [Cd+2].[Cl][Pt-].[Cl][Pt-]. The Kier molecular flexibility index (Phi) is 89.9. The van der Waals surface area contributed by atoms with E-state index in [1.54, 1.807) is 37.5 Å². The summed E-state index contributed by atoms with van der Waals surface area (Å²) in [5.41, 5.74) is 0. The molecule has 0 bridgehead atoms. The Morgan fingerprint density at radius 3 is 0.800 bits per heavy atom. The average Bonchev–Trinajstić information content (AvgIpc) is 1.50. The fourth-order valence-electron chi connectivity index (χ4n) is 0. The van der Waals surface area contributed by atoms with Crippen molar-refractivity contribution in [1.82, 2.24) is 0 Å². The summed E-state index contributed by atoms with van der Waals surface area (Å²) in [6, 6.07) is 0. The molecular weight excluding hydrogens is 573 g/mol. The van der Waals surface area contributed by atoms with E-state index in [0.29, 0.717) is 0 Å². The summed E-state index contributed by atoms with van der Waals surface area (Å²) < 4.78 is 0. The molecule has 5 heteroatoms. The van der Waals surface area contributed by atoms with E-state index < -0.39 is 0 Å². The molecule has 0 aromatic rings. The van der Waals surface area contributed by atoms with Gasteiger partial charge in [-0.25, -0.2) is 0 Å². The van der Waals surface area contributed by atoms with Crippen molar-refractivity contribution in [2.75, 3.05) is 0 Å². The third-order valence-corrected chi connectivity index (χ3v) is 0. The van der Waals surface area contributed by atoms with E-state index in [2.05, 4.69) is 18.8 Å². The molecule has 0 spiro atoms. The zero-order chi connectivity index (χ0) is 4.00. The minimum atomic E-state index is 0. The van der Waals surface area contributed by atoms with Crippen molar-refractivity contribution < 1.29 is 64.8 Å². The van der Waals surface area contributed by atoms with Crippen LogP contribution >= 0.6 is 18.8 Å². The van der Waals surface area contributed by atoms with Crippen molar-refractivity contribution >= 4 is 18.8 Å². The molecule has 0 amide bonds. The van der Waals surface area contributed by atoms with Crippen LogP contribution in [-0.2, 0) is 64.8 Å². The topological polar surface area (TPSA) is 0 Å². The Morgan fingerprint density at radius 2 is 0.800 bits per heavy atom. The van der Waals surface area contributed by atoms with Crippen LogP contribution in [0.5, 0.6) is 0 Å². The van der Waals surface area contributed by atoms with Crippen molar-refractivity contribution in [3.63, 3.8) is 0 Å². The van der Waals surface area contributed by atoms with Crippen LogP contribution in [0.1, 0.15) is 0 Å². The molecule has 0 N–H and O–H groups in total. The summed E-state index contributed by atoms with van der Waals surface area (Å²) in [5, 5.41) is 0. The van der Waals surface area contributed by atoms with Crippen LogP contribution in [0.4, 0.5) is 0 Å². The monoisotopic (exact) mass is 574 g/mol. The van der Waals surface area contributed by atoms with Crippen molar-refractivity contribution in [3.05, 3.63) is 0 Å². The summed E-state index contributed by atoms with van der Waals surface area (Å²) in [6.45, 7) is 0. The van der Waals surface area contributed by atoms with Crippen LogP contribution in [0.2, 0.25) is 0 Å². The normalized spacial score (nSPS) is 2.80. The fraction of sp³-hybridized carbons (Fsp3) is 0. The predicted octanol–water partition coefficient (Wildman–Crippen LogP) is 1.37. The van der Waals surface area contributed by atoms with Crippen molar-refractivity contribution in [1.29, 1.82) is 0 Å². The van der Waals surface area contributed by atoms with Gasteiger partial charge in [0.05, 0.1) is 0 Å². The van der Waals surface area contributed by atoms with E-state index in [0.717, 1.165) is 0 Å². The Bertz CT molecular complexity index is 7.61. The number of rotatable bonds is 0. The van der Waals surface area contributed by atoms with Gasteiger partial charge >= 0.3 is 83.7 Å². The van der Waals surface area contributed by atoms with Gasteiger partial charge in [0.15, 0.2) is 0 Å². The standard InChI is InChI=1S/Cd.2ClH.2Pt/h;2*1H;;/q+2;;;;/p-2. The second-order valence-corrected chi connectivity index (χ2v) is 0. The fourth-order valence-corrected chi connectivity index (χ4v) is 0. The van der Waals surface area contributed by atoms with E-state index in [9.17, 15) is 0 Å². The molecule has 0 atom stereocenters. The van der Waals surface area contributed by atoms with Gasteiger partial charge < -0.3 is 0 Å². The van der Waals surface area contributed by atoms with Crippen LogP contribution in [0.25, 0.3) is 0 Å². The third kappa shape index (κ3) is 19.8. The Balaban J connectivity index is -0.0000000133. The van der Waals surface area contributed by atoms with Gasteiger partial charge in [-0.2, -0.15) is 0 Å². The molecule has 36 valence electrons. The van der Waals surface area contributed by atoms with E-state index in [1.807, 2.05) is 0 Å². The first kappa shape index (κ1) is 15.7. The second kappa shape index (κ2) is 28.7.